The molecule has 4 nitrogen and oxygen atoms in total. The largest absolute Gasteiger partial charge is 0.381 e. The van der Waals surface area contributed by atoms with E-state index in [1.54, 1.807) is 12.3 Å². The van der Waals surface area contributed by atoms with Crippen molar-refractivity contribution in [1.29, 1.82) is 0 Å². The van der Waals surface area contributed by atoms with Crippen molar-refractivity contribution in [1.82, 2.24) is 9.97 Å². The normalized spacial score (nSPS) is 10.1. The Hall–Kier alpha value is -1.33. The molecule has 0 amide bonds. The van der Waals surface area contributed by atoms with Crippen LogP contribution in [0.15, 0.2) is 35.1 Å². The van der Waals surface area contributed by atoms with E-state index in [1.807, 2.05) is 12.1 Å². The van der Waals surface area contributed by atoms with Gasteiger partial charge >= 0.3 is 0 Å². The molecule has 3 N–H and O–H groups in total. The van der Waals surface area contributed by atoms with Crippen molar-refractivity contribution in [3.05, 3.63) is 40.1 Å². The third kappa shape index (κ3) is 2.43. The van der Waals surface area contributed by atoms with Crippen LogP contribution in [0.25, 0.3) is 0 Å². The van der Waals surface area contributed by atoms with E-state index in [2.05, 4.69) is 31.2 Å². The molecule has 0 radical (unpaired) electrons. The summed E-state index contributed by atoms with van der Waals surface area (Å²) in [4.78, 5) is 8.01. The molecule has 2 rings (SSSR count). The topological polar surface area (TPSA) is 63.8 Å². The Balaban J connectivity index is 2.28. The Labute approximate surface area is 106 Å². The van der Waals surface area contributed by atoms with Crippen molar-refractivity contribution in [2.45, 2.75) is 0 Å². The predicted octanol–water partition coefficient (Wildman–Crippen LogP) is 3.22. The van der Waals surface area contributed by atoms with Crippen LogP contribution in [0.4, 0.5) is 17.3 Å². The summed E-state index contributed by atoms with van der Waals surface area (Å²) in [6.07, 6.45) is 3.11. The number of benzene rings is 1. The monoisotopic (exact) mass is 298 g/mol. The van der Waals surface area contributed by atoms with Gasteiger partial charge in [0.2, 0.25) is 0 Å². The molecule has 1 aromatic carbocycles. The van der Waals surface area contributed by atoms with Crippen LogP contribution >= 0.6 is 27.5 Å². The first-order chi connectivity index (χ1) is 7.66. The van der Waals surface area contributed by atoms with Crippen molar-refractivity contribution < 1.29 is 0 Å². The molecule has 16 heavy (non-hydrogen) atoms. The highest BCUT2D eigenvalue weighted by Gasteiger charge is 2.03. The number of nitrogens with zero attached hydrogens (tertiary/aromatic N) is 2. The third-order valence-corrected chi connectivity index (χ3v) is 3.12. The smallest absolute Gasteiger partial charge is 0.173 e. The lowest BCUT2D eigenvalue weighted by Crippen LogP contribution is -2.00. The number of nitrogens with two attached hydrogens (primary N) is 1. The summed E-state index contributed by atoms with van der Waals surface area (Å²) in [5.41, 5.74) is 6.50. The maximum absolute atomic E-state index is 5.89. The predicted molar refractivity (Wildman–Crippen MR) is 68.9 cm³/mol. The Bertz CT molecular complexity index is 518. The van der Waals surface area contributed by atoms with Crippen LogP contribution in [0.2, 0.25) is 5.02 Å². The number of hydrogen-bond acceptors (Lipinski definition) is 4. The summed E-state index contributed by atoms with van der Waals surface area (Å²) in [6.45, 7) is 0. The minimum atomic E-state index is 0.355. The van der Waals surface area contributed by atoms with Gasteiger partial charge in [-0.15, -0.1) is 0 Å². The number of nitrogens with one attached hydrogen (secondary N) is 1. The SMILES string of the molecule is Nc1nccnc1Nc1ccc(Cl)c(Br)c1. The van der Waals surface area contributed by atoms with E-state index >= 15 is 0 Å². The Morgan fingerprint density at radius 2 is 2.00 bits per heavy atom. The summed E-state index contributed by atoms with van der Waals surface area (Å²) in [5, 5.41) is 3.70. The maximum atomic E-state index is 5.89. The molecule has 0 unspecified atom stereocenters. The minimum absolute atomic E-state index is 0.355. The first-order valence-electron chi connectivity index (χ1n) is 4.45. The molecule has 0 aliphatic heterocycles. The number of rotatable bonds is 2. The van der Waals surface area contributed by atoms with Crippen LogP contribution < -0.4 is 11.1 Å². The van der Waals surface area contributed by atoms with Crippen molar-refractivity contribution in [3.8, 4) is 0 Å². The Kier molecular flexibility index (Phi) is 3.26. The lowest BCUT2D eigenvalue weighted by Gasteiger charge is -2.07. The van der Waals surface area contributed by atoms with Crippen molar-refractivity contribution in [3.63, 3.8) is 0 Å². The van der Waals surface area contributed by atoms with Crippen LogP contribution in [0, 0.1) is 0 Å². The molecule has 0 spiro atoms. The molecule has 0 aliphatic rings. The molecular weight excluding hydrogens is 291 g/mol. The van der Waals surface area contributed by atoms with Gasteiger partial charge in [0.1, 0.15) is 0 Å². The second-order valence-electron chi connectivity index (χ2n) is 3.04. The average molecular weight is 300 g/mol. The zero-order chi connectivity index (χ0) is 11.5. The summed E-state index contributed by atoms with van der Waals surface area (Å²) < 4.78 is 0.807. The fraction of sp³-hybridized carbons (Fsp3) is 0. The summed E-state index contributed by atoms with van der Waals surface area (Å²) >= 11 is 9.23. The zero-order valence-corrected chi connectivity index (χ0v) is 10.5. The van der Waals surface area contributed by atoms with Gasteiger partial charge in [-0.3, -0.25) is 0 Å². The lowest BCUT2D eigenvalue weighted by atomic mass is 10.3. The minimum Gasteiger partial charge on any atom is -0.381 e. The van der Waals surface area contributed by atoms with Crippen molar-refractivity contribution >= 4 is 44.9 Å². The maximum Gasteiger partial charge on any atom is 0.173 e. The molecule has 82 valence electrons. The lowest BCUT2D eigenvalue weighted by molar-refractivity contribution is 1.21. The molecule has 0 aliphatic carbocycles. The van der Waals surface area contributed by atoms with Gasteiger partial charge in [-0.1, -0.05) is 11.6 Å². The second kappa shape index (κ2) is 4.67. The van der Waals surface area contributed by atoms with E-state index in [1.165, 1.54) is 6.20 Å². The van der Waals surface area contributed by atoms with Crippen LogP contribution in [-0.2, 0) is 0 Å². The quantitative estimate of drug-likeness (QED) is 0.893. The zero-order valence-electron chi connectivity index (χ0n) is 8.11. The van der Waals surface area contributed by atoms with Gasteiger partial charge < -0.3 is 11.1 Å². The van der Waals surface area contributed by atoms with Crippen LogP contribution in [0.1, 0.15) is 0 Å². The van der Waals surface area contributed by atoms with Crippen molar-refractivity contribution in [2.24, 2.45) is 0 Å². The van der Waals surface area contributed by atoms with Gasteiger partial charge in [0.15, 0.2) is 11.6 Å². The fourth-order valence-electron chi connectivity index (χ4n) is 1.16. The molecule has 0 atom stereocenters. The van der Waals surface area contributed by atoms with Gasteiger partial charge in [0.05, 0.1) is 5.02 Å². The summed E-state index contributed by atoms with van der Waals surface area (Å²) in [5.74, 6) is 0.880. The molecular formula is C10H8BrClN4. The van der Waals surface area contributed by atoms with Gasteiger partial charge in [-0.25, -0.2) is 9.97 Å². The average Bonchev–Trinajstić information content (AvgIpc) is 2.27. The van der Waals surface area contributed by atoms with E-state index in [0.717, 1.165) is 10.2 Å². The highest BCUT2D eigenvalue weighted by atomic mass is 79.9. The first-order valence-corrected chi connectivity index (χ1v) is 5.62. The molecule has 6 heteroatoms. The molecule has 1 aromatic heterocycles. The number of anilines is 3. The van der Waals surface area contributed by atoms with E-state index in [-0.39, 0.29) is 0 Å². The molecule has 0 bridgehead atoms. The number of aromatic nitrogens is 2. The molecule has 1 heterocycles. The molecule has 0 saturated heterocycles. The van der Waals surface area contributed by atoms with E-state index in [0.29, 0.717) is 16.7 Å². The second-order valence-corrected chi connectivity index (χ2v) is 4.31. The number of nitrogen functional groups attached to an aromatic ring is 1. The van der Waals surface area contributed by atoms with Crippen molar-refractivity contribution in [2.75, 3.05) is 11.1 Å². The highest BCUT2D eigenvalue weighted by Crippen LogP contribution is 2.27. The van der Waals surface area contributed by atoms with Gasteiger partial charge in [0, 0.05) is 22.6 Å². The van der Waals surface area contributed by atoms with E-state index < -0.39 is 0 Å². The Morgan fingerprint density at radius 1 is 1.25 bits per heavy atom. The standard InChI is InChI=1S/C10H8BrClN4/c11-7-5-6(1-2-8(7)12)16-10-9(13)14-3-4-15-10/h1-5H,(H2,13,14)(H,15,16). The number of halogens is 2. The highest BCUT2D eigenvalue weighted by molar-refractivity contribution is 9.10. The van der Waals surface area contributed by atoms with Gasteiger partial charge in [-0.05, 0) is 34.1 Å². The third-order valence-electron chi connectivity index (χ3n) is 1.91. The summed E-state index contributed by atoms with van der Waals surface area (Å²) in [6, 6.07) is 5.46. The summed E-state index contributed by atoms with van der Waals surface area (Å²) in [7, 11) is 0. The van der Waals surface area contributed by atoms with Crippen LogP contribution in [-0.4, -0.2) is 9.97 Å². The Morgan fingerprint density at radius 3 is 2.69 bits per heavy atom. The molecule has 2 aromatic rings. The van der Waals surface area contributed by atoms with Crippen LogP contribution in [0.5, 0.6) is 0 Å². The van der Waals surface area contributed by atoms with Crippen LogP contribution in [0.3, 0.4) is 0 Å². The van der Waals surface area contributed by atoms with E-state index in [4.69, 9.17) is 17.3 Å². The number of hydrogen-bond donors (Lipinski definition) is 2. The molecule has 0 fully saturated rings. The molecule has 0 saturated carbocycles. The van der Waals surface area contributed by atoms with E-state index in [9.17, 15) is 0 Å². The fourth-order valence-corrected chi connectivity index (χ4v) is 1.65. The first kappa shape index (κ1) is 11.2. The van der Waals surface area contributed by atoms with Gasteiger partial charge in [-0.2, -0.15) is 0 Å². The van der Waals surface area contributed by atoms with Gasteiger partial charge in [0.25, 0.3) is 0 Å².